The lowest BCUT2D eigenvalue weighted by Crippen LogP contribution is -1.99. The number of hydrogen-bond acceptors (Lipinski definition) is 3. The van der Waals surface area contributed by atoms with Gasteiger partial charge in [0.25, 0.3) is 0 Å². The highest BCUT2D eigenvalue weighted by Gasteiger charge is 2.03. The Balaban J connectivity index is 1.54. The standard InChI is InChI=1S/C31H50N2O/c1-3-5-7-9-11-12-13-14-15-17-19-25-34-30-26-32-31(33-27-30)29-23-21-28(22-24-29)20-18-16-10-8-6-4-2/h21-24,26-27H,3-20,25H2,1-2H3. The van der Waals surface area contributed by atoms with Gasteiger partial charge in [-0.05, 0) is 24.8 Å². The Morgan fingerprint density at radius 2 is 1.03 bits per heavy atom. The van der Waals surface area contributed by atoms with Gasteiger partial charge in [0.2, 0.25) is 0 Å². The number of ether oxygens (including phenoxy) is 1. The lowest BCUT2D eigenvalue weighted by Gasteiger charge is -2.07. The molecule has 1 aromatic heterocycles. The van der Waals surface area contributed by atoms with Gasteiger partial charge in [0, 0.05) is 5.56 Å². The Morgan fingerprint density at radius 1 is 0.559 bits per heavy atom. The molecule has 0 aliphatic rings. The molecule has 2 rings (SSSR count). The zero-order valence-corrected chi connectivity index (χ0v) is 22.2. The fourth-order valence-electron chi connectivity index (χ4n) is 4.43. The number of unbranched alkanes of at least 4 members (excludes halogenated alkanes) is 15. The molecule has 190 valence electrons. The molecule has 0 atom stereocenters. The van der Waals surface area contributed by atoms with Gasteiger partial charge in [0.15, 0.2) is 11.6 Å². The minimum Gasteiger partial charge on any atom is -0.490 e. The highest BCUT2D eigenvalue weighted by molar-refractivity contribution is 5.55. The predicted molar refractivity (Wildman–Crippen MR) is 147 cm³/mol. The van der Waals surface area contributed by atoms with Crippen molar-refractivity contribution < 1.29 is 4.74 Å². The predicted octanol–water partition coefficient (Wildman–Crippen LogP) is 9.74. The van der Waals surface area contributed by atoms with E-state index >= 15 is 0 Å². The van der Waals surface area contributed by atoms with Crippen LogP contribution in [0.25, 0.3) is 11.4 Å². The molecular formula is C31H50N2O. The van der Waals surface area contributed by atoms with Gasteiger partial charge in [-0.3, -0.25) is 0 Å². The van der Waals surface area contributed by atoms with Crippen molar-refractivity contribution >= 4 is 0 Å². The van der Waals surface area contributed by atoms with E-state index in [4.69, 9.17) is 4.74 Å². The van der Waals surface area contributed by atoms with Crippen LogP contribution in [0.3, 0.4) is 0 Å². The van der Waals surface area contributed by atoms with Crippen molar-refractivity contribution in [3.8, 4) is 17.1 Å². The SMILES string of the molecule is CCCCCCCCCCCCCOc1cnc(-c2ccc(CCCCCCCC)cc2)nc1. The van der Waals surface area contributed by atoms with Gasteiger partial charge in [-0.1, -0.05) is 134 Å². The average Bonchev–Trinajstić information content (AvgIpc) is 2.87. The second kappa shape index (κ2) is 19.4. The number of aromatic nitrogens is 2. The molecule has 0 saturated heterocycles. The summed E-state index contributed by atoms with van der Waals surface area (Å²) in [5, 5.41) is 0. The summed E-state index contributed by atoms with van der Waals surface area (Å²) in [6, 6.07) is 8.74. The van der Waals surface area contributed by atoms with Gasteiger partial charge in [-0.15, -0.1) is 0 Å². The van der Waals surface area contributed by atoms with E-state index < -0.39 is 0 Å². The van der Waals surface area contributed by atoms with Crippen molar-refractivity contribution in [2.45, 2.75) is 129 Å². The topological polar surface area (TPSA) is 35.0 Å². The maximum absolute atomic E-state index is 5.85. The Labute approximate surface area is 210 Å². The molecule has 0 saturated carbocycles. The van der Waals surface area contributed by atoms with Crippen LogP contribution in [0.5, 0.6) is 5.75 Å². The molecule has 0 aliphatic heterocycles. The first-order valence-electron chi connectivity index (χ1n) is 14.4. The highest BCUT2D eigenvalue weighted by atomic mass is 16.5. The molecule has 0 unspecified atom stereocenters. The first-order chi connectivity index (χ1) is 16.8. The van der Waals surface area contributed by atoms with Crippen molar-refractivity contribution in [1.82, 2.24) is 9.97 Å². The third-order valence-electron chi connectivity index (χ3n) is 6.68. The Hall–Kier alpha value is -1.90. The summed E-state index contributed by atoms with van der Waals surface area (Å²) < 4.78 is 5.85. The van der Waals surface area contributed by atoms with Crippen LogP contribution >= 0.6 is 0 Å². The van der Waals surface area contributed by atoms with Crippen LogP contribution in [-0.4, -0.2) is 16.6 Å². The Bertz CT molecular complexity index is 711. The second-order valence-electron chi connectivity index (χ2n) is 9.84. The van der Waals surface area contributed by atoms with E-state index in [1.807, 2.05) is 12.4 Å². The molecule has 0 spiro atoms. The lowest BCUT2D eigenvalue weighted by molar-refractivity contribution is 0.302. The van der Waals surface area contributed by atoms with Crippen molar-refractivity contribution in [3.63, 3.8) is 0 Å². The molecule has 0 aliphatic carbocycles. The van der Waals surface area contributed by atoms with Crippen LogP contribution < -0.4 is 4.74 Å². The molecule has 0 fully saturated rings. The number of nitrogens with zero attached hydrogens (tertiary/aromatic N) is 2. The maximum atomic E-state index is 5.85. The molecule has 1 aromatic carbocycles. The van der Waals surface area contributed by atoms with Crippen LogP contribution in [-0.2, 0) is 6.42 Å². The fourth-order valence-corrected chi connectivity index (χ4v) is 4.43. The van der Waals surface area contributed by atoms with E-state index in [2.05, 4.69) is 48.1 Å². The smallest absolute Gasteiger partial charge is 0.159 e. The molecule has 3 heteroatoms. The summed E-state index contributed by atoms with van der Waals surface area (Å²) in [5.41, 5.74) is 2.48. The van der Waals surface area contributed by atoms with Gasteiger partial charge in [-0.2, -0.15) is 0 Å². The normalized spacial score (nSPS) is 11.1. The first kappa shape index (κ1) is 28.3. The molecule has 3 nitrogen and oxygen atoms in total. The van der Waals surface area contributed by atoms with Crippen molar-refractivity contribution in [2.24, 2.45) is 0 Å². The van der Waals surface area contributed by atoms with Crippen LogP contribution in [0.15, 0.2) is 36.7 Å². The molecule has 0 N–H and O–H groups in total. The largest absolute Gasteiger partial charge is 0.490 e. The van der Waals surface area contributed by atoms with E-state index in [0.717, 1.165) is 30.2 Å². The zero-order valence-electron chi connectivity index (χ0n) is 22.2. The molecule has 0 amide bonds. The quantitative estimate of drug-likeness (QED) is 0.172. The number of benzene rings is 1. The molecule has 0 bridgehead atoms. The van der Waals surface area contributed by atoms with Crippen LogP contribution in [0.1, 0.15) is 129 Å². The third kappa shape index (κ3) is 13.1. The van der Waals surface area contributed by atoms with Gasteiger partial charge >= 0.3 is 0 Å². The van der Waals surface area contributed by atoms with E-state index in [0.29, 0.717) is 0 Å². The monoisotopic (exact) mass is 466 g/mol. The van der Waals surface area contributed by atoms with Crippen molar-refractivity contribution in [2.75, 3.05) is 6.61 Å². The number of hydrogen-bond donors (Lipinski definition) is 0. The van der Waals surface area contributed by atoms with Crippen molar-refractivity contribution in [1.29, 1.82) is 0 Å². The highest BCUT2D eigenvalue weighted by Crippen LogP contribution is 2.19. The first-order valence-corrected chi connectivity index (χ1v) is 14.4. The minimum absolute atomic E-state index is 0.757. The summed E-state index contributed by atoms with van der Waals surface area (Å²) in [6.07, 6.45) is 27.7. The third-order valence-corrected chi connectivity index (χ3v) is 6.68. The van der Waals surface area contributed by atoms with Gasteiger partial charge in [0.1, 0.15) is 0 Å². The summed E-state index contributed by atoms with van der Waals surface area (Å²) in [5.74, 6) is 1.55. The number of rotatable bonds is 21. The van der Waals surface area contributed by atoms with E-state index in [1.54, 1.807) is 0 Å². The van der Waals surface area contributed by atoms with Gasteiger partial charge in [0.05, 0.1) is 19.0 Å². The van der Waals surface area contributed by atoms with Crippen molar-refractivity contribution in [3.05, 3.63) is 42.2 Å². The number of aryl methyl sites for hydroxylation is 1. The average molecular weight is 467 g/mol. The zero-order chi connectivity index (χ0) is 24.1. The Morgan fingerprint density at radius 3 is 1.56 bits per heavy atom. The lowest BCUT2D eigenvalue weighted by atomic mass is 10.0. The maximum Gasteiger partial charge on any atom is 0.159 e. The Kier molecular flexibility index (Phi) is 16.2. The second-order valence-corrected chi connectivity index (χ2v) is 9.84. The van der Waals surface area contributed by atoms with Gasteiger partial charge in [-0.25, -0.2) is 9.97 Å². The van der Waals surface area contributed by atoms with E-state index in [1.165, 1.54) is 115 Å². The van der Waals surface area contributed by atoms with E-state index in [9.17, 15) is 0 Å². The van der Waals surface area contributed by atoms with Gasteiger partial charge < -0.3 is 4.74 Å². The molecule has 34 heavy (non-hydrogen) atoms. The molecule has 1 heterocycles. The minimum atomic E-state index is 0.757. The van der Waals surface area contributed by atoms with Crippen LogP contribution in [0.2, 0.25) is 0 Å². The summed E-state index contributed by atoms with van der Waals surface area (Å²) in [4.78, 5) is 9.04. The summed E-state index contributed by atoms with van der Waals surface area (Å²) in [6.45, 7) is 5.31. The van der Waals surface area contributed by atoms with E-state index in [-0.39, 0.29) is 0 Å². The van der Waals surface area contributed by atoms with Crippen LogP contribution in [0.4, 0.5) is 0 Å². The molecule has 2 aromatic rings. The molecule has 0 radical (unpaired) electrons. The van der Waals surface area contributed by atoms with Crippen LogP contribution in [0, 0.1) is 0 Å². The summed E-state index contributed by atoms with van der Waals surface area (Å²) >= 11 is 0. The molecular weight excluding hydrogens is 416 g/mol. The fraction of sp³-hybridized carbons (Fsp3) is 0.677. The summed E-state index contributed by atoms with van der Waals surface area (Å²) in [7, 11) is 0.